The van der Waals surface area contributed by atoms with Gasteiger partial charge in [0.2, 0.25) is 5.91 Å². The summed E-state index contributed by atoms with van der Waals surface area (Å²) in [6.45, 7) is 2.01. The van der Waals surface area contributed by atoms with E-state index in [0.29, 0.717) is 5.75 Å². The topological polar surface area (TPSA) is 108 Å². The van der Waals surface area contributed by atoms with Gasteiger partial charge >= 0.3 is 0 Å². The first-order valence-electron chi connectivity index (χ1n) is 5.85. The number of nitriles is 1. The van der Waals surface area contributed by atoms with Crippen LogP contribution in [0.4, 0.5) is 0 Å². The predicted molar refractivity (Wildman–Crippen MR) is 69.2 cm³/mol. The molecule has 0 aliphatic carbocycles. The van der Waals surface area contributed by atoms with Crippen molar-refractivity contribution < 1.29 is 14.6 Å². The maximum absolute atomic E-state index is 10.7. The number of nitrogens with two attached hydrogens (primary N) is 1. The molecule has 6 heteroatoms. The van der Waals surface area contributed by atoms with E-state index in [1.807, 2.05) is 25.1 Å². The minimum absolute atomic E-state index is 0.0119. The van der Waals surface area contributed by atoms with Crippen LogP contribution in [0, 0.1) is 11.3 Å². The van der Waals surface area contributed by atoms with Crippen molar-refractivity contribution in [3.8, 4) is 11.8 Å². The lowest BCUT2D eigenvalue weighted by Crippen LogP contribution is -2.38. The SMILES string of the molecule is CC(NCC(O)C(N)=O)c1ccc(OCC#N)cc1. The van der Waals surface area contributed by atoms with Gasteiger partial charge in [-0.1, -0.05) is 12.1 Å². The van der Waals surface area contributed by atoms with Crippen molar-refractivity contribution in [3.63, 3.8) is 0 Å². The zero-order chi connectivity index (χ0) is 14.3. The minimum Gasteiger partial charge on any atom is -0.479 e. The summed E-state index contributed by atoms with van der Waals surface area (Å²) in [5.74, 6) is -0.130. The van der Waals surface area contributed by atoms with Gasteiger partial charge in [-0.15, -0.1) is 0 Å². The Kier molecular flexibility index (Phi) is 5.79. The summed E-state index contributed by atoms with van der Waals surface area (Å²) in [5, 5.41) is 20.7. The molecule has 0 aliphatic rings. The van der Waals surface area contributed by atoms with Gasteiger partial charge < -0.3 is 20.9 Å². The number of nitrogens with one attached hydrogen (secondary N) is 1. The molecular formula is C13H17N3O3. The smallest absolute Gasteiger partial charge is 0.247 e. The van der Waals surface area contributed by atoms with E-state index in [9.17, 15) is 9.90 Å². The Bertz CT molecular complexity index is 453. The molecule has 0 fully saturated rings. The molecule has 0 bridgehead atoms. The molecule has 1 aromatic rings. The van der Waals surface area contributed by atoms with E-state index in [2.05, 4.69) is 5.32 Å². The average Bonchev–Trinajstić information content (AvgIpc) is 2.42. The summed E-state index contributed by atoms with van der Waals surface area (Å²) in [4.78, 5) is 10.7. The van der Waals surface area contributed by atoms with E-state index in [-0.39, 0.29) is 19.2 Å². The molecule has 0 saturated heterocycles. The van der Waals surface area contributed by atoms with E-state index >= 15 is 0 Å². The Hall–Kier alpha value is -2.10. The van der Waals surface area contributed by atoms with Crippen LogP contribution in [0.2, 0.25) is 0 Å². The van der Waals surface area contributed by atoms with E-state index < -0.39 is 12.0 Å². The van der Waals surface area contributed by atoms with Crippen LogP contribution in [0.15, 0.2) is 24.3 Å². The van der Waals surface area contributed by atoms with Crippen molar-refractivity contribution in [1.29, 1.82) is 5.26 Å². The molecule has 19 heavy (non-hydrogen) atoms. The number of benzene rings is 1. The standard InChI is InChI=1S/C13H17N3O3/c1-9(16-8-12(17)13(15)18)10-2-4-11(5-3-10)19-7-6-14/h2-5,9,12,16-17H,7-8H2,1H3,(H2,15,18). The molecule has 0 spiro atoms. The number of carbonyl (C=O) groups is 1. The van der Waals surface area contributed by atoms with Crippen molar-refractivity contribution in [2.24, 2.45) is 5.73 Å². The number of hydrogen-bond acceptors (Lipinski definition) is 5. The number of hydrogen-bond donors (Lipinski definition) is 3. The third kappa shape index (κ3) is 4.95. The molecule has 1 aromatic carbocycles. The zero-order valence-corrected chi connectivity index (χ0v) is 10.7. The van der Waals surface area contributed by atoms with E-state index in [1.54, 1.807) is 12.1 Å². The second-order valence-corrected chi connectivity index (χ2v) is 4.06. The van der Waals surface area contributed by atoms with Gasteiger partial charge in [-0.3, -0.25) is 4.79 Å². The van der Waals surface area contributed by atoms with Crippen molar-refractivity contribution in [3.05, 3.63) is 29.8 Å². The third-order valence-corrected chi connectivity index (χ3v) is 2.63. The van der Waals surface area contributed by atoms with Gasteiger partial charge in [-0.05, 0) is 24.6 Å². The van der Waals surface area contributed by atoms with Gasteiger partial charge in [0, 0.05) is 12.6 Å². The number of rotatable bonds is 7. The predicted octanol–water partition coefficient (Wildman–Crippen LogP) is 0.0858. The van der Waals surface area contributed by atoms with Crippen LogP contribution in [-0.4, -0.2) is 30.3 Å². The number of carbonyl (C=O) groups excluding carboxylic acids is 1. The second-order valence-electron chi connectivity index (χ2n) is 4.06. The normalized spacial score (nSPS) is 13.3. The molecule has 2 unspecified atom stereocenters. The molecule has 0 radical (unpaired) electrons. The van der Waals surface area contributed by atoms with Crippen LogP contribution in [0.3, 0.4) is 0 Å². The lowest BCUT2D eigenvalue weighted by Gasteiger charge is -2.16. The highest BCUT2D eigenvalue weighted by atomic mass is 16.5. The molecular weight excluding hydrogens is 246 g/mol. The van der Waals surface area contributed by atoms with E-state index in [1.165, 1.54) is 0 Å². The van der Waals surface area contributed by atoms with Crippen LogP contribution in [-0.2, 0) is 4.79 Å². The quantitative estimate of drug-likeness (QED) is 0.646. The summed E-state index contributed by atoms with van der Waals surface area (Å²) in [6.07, 6.45) is -1.19. The fourth-order valence-electron chi connectivity index (χ4n) is 1.48. The number of primary amides is 1. The molecule has 0 saturated carbocycles. The van der Waals surface area contributed by atoms with Gasteiger partial charge in [-0.2, -0.15) is 5.26 Å². The fourth-order valence-corrected chi connectivity index (χ4v) is 1.48. The maximum atomic E-state index is 10.7. The molecule has 102 valence electrons. The van der Waals surface area contributed by atoms with Gasteiger partial charge in [-0.25, -0.2) is 0 Å². The van der Waals surface area contributed by atoms with Gasteiger partial charge in [0.25, 0.3) is 0 Å². The second kappa shape index (κ2) is 7.36. The molecule has 6 nitrogen and oxygen atoms in total. The summed E-state index contributed by atoms with van der Waals surface area (Å²) in [5.41, 5.74) is 5.93. The summed E-state index contributed by atoms with van der Waals surface area (Å²) < 4.78 is 5.14. The number of ether oxygens (including phenoxy) is 1. The first-order chi connectivity index (χ1) is 9.04. The fraction of sp³-hybridized carbons (Fsp3) is 0.385. The van der Waals surface area contributed by atoms with Gasteiger partial charge in [0.05, 0.1) is 0 Å². The minimum atomic E-state index is -1.19. The zero-order valence-electron chi connectivity index (χ0n) is 10.7. The number of amides is 1. The van der Waals surface area contributed by atoms with Crippen molar-refractivity contribution in [2.45, 2.75) is 19.1 Å². The Morgan fingerprint density at radius 2 is 2.16 bits per heavy atom. The summed E-state index contributed by atoms with van der Waals surface area (Å²) >= 11 is 0. The highest BCUT2D eigenvalue weighted by Gasteiger charge is 2.12. The van der Waals surface area contributed by atoms with Crippen LogP contribution in [0.5, 0.6) is 5.75 Å². The van der Waals surface area contributed by atoms with Crippen LogP contribution in [0.25, 0.3) is 0 Å². The highest BCUT2D eigenvalue weighted by molar-refractivity contribution is 5.78. The van der Waals surface area contributed by atoms with Gasteiger partial charge in [0.15, 0.2) is 6.61 Å². The molecule has 1 rings (SSSR count). The van der Waals surface area contributed by atoms with Crippen molar-refractivity contribution in [2.75, 3.05) is 13.2 Å². The molecule has 4 N–H and O–H groups in total. The molecule has 0 aliphatic heterocycles. The number of nitrogens with zero attached hydrogens (tertiary/aromatic N) is 1. The highest BCUT2D eigenvalue weighted by Crippen LogP contribution is 2.17. The summed E-state index contributed by atoms with van der Waals surface area (Å²) in [6, 6.07) is 9.06. The average molecular weight is 263 g/mol. The largest absolute Gasteiger partial charge is 0.479 e. The molecule has 1 amide bonds. The number of aliphatic hydroxyl groups excluding tert-OH is 1. The van der Waals surface area contributed by atoms with Crippen LogP contribution in [0.1, 0.15) is 18.5 Å². The summed E-state index contributed by atoms with van der Waals surface area (Å²) in [7, 11) is 0. The molecule has 0 aromatic heterocycles. The first-order valence-corrected chi connectivity index (χ1v) is 5.85. The first kappa shape index (κ1) is 15.0. The van der Waals surface area contributed by atoms with Crippen molar-refractivity contribution in [1.82, 2.24) is 5.32 Å². The van der Waals surface area contributed by atoms with Crippen molar-refractivity contribution >= 4 is 5.91 Å². The third-order valence-electron chi connectivity index (χ3n) is 2.63. The monoisotopic (exact) mass is 263 g/mol. The Morgan fingerprint density at radius 1 is 1.53 bits per heavy atom. The molecule has 0 heterocycles. The Labute approximate surface area is 111 Å². The maximum Gasteiger partial charge on any atom is 0.247 e. The van der Waals surface area contributed by atoms with E-state index in [0.717, 1.165) is 5.56 Å². The van der Waals surface area contributed by atoms with E-state index in [4.69, 9.17) is 15.7 Å². The Morgan fingerprint density at radius 3 is 2.68 bits per heavy atom. The number of aliphatic hydroxyl groups is 1. The van der Waals surface area contributed by atoms with Crippen LogP contribution >= 0.6 is 0 Å². The molecule has 2 atom stereocenters. The van der Waals surface area contributed by atoms with Gasteiger partial charge in [0.1, 0.15) is 17.9 Å². The lowest BCUT2D eigenvalue weighted by atomic mass is 10.1. The van der Waals surface area contributed by atoms with Crippen LogP contribution < -0.4 is 15.8 Å². The Balaban J connectivity index is 2.51. The lowest BCUT2D eigenvalue weighted by molar-refractivity contribution is -0.125.